The van der Waals surface area contributed by atoms with E-state index in [4.69, 9.17) is 11.6 Å². The molecule has 0 aliphatic carbocycles. The third kappa shape index (κ3) is 3.29. The Kier molecular flexibility index (Phi) is 4.26. The van der Waals surface area contributed by atoms with E-state index in [1.165, 1.54) is 0 Å². The van der Waals surface area contributed by atoms with Crippen LogP contribution < -0.4 is 5.32 Å². The summed E-state index contributed by atoms with van der Waals surface area (Å²) in [6.07, 6.45) is 1.85. The number of benzene rings is 1. The maximum absolute atomic E-state index is 12.6. The Morgan fingerprint density at radius 2 is 2.08 bits per heavy atom. The van der Waals surface area contributed by atoms with E-state index in [0.29, 0.717) is 17.3 Å². The van der Waals surface area contributed by atoms with Gasteiger partial charge in [0.1, 0.15) is 5.69 Å². The van der Waals surface area contributed by atoms with Crippen molar-refractivity contribution in [1.29, 1.82) is 0 Å². The topological polar surface area (TPSA) is 46.4 Å². The van der Waals surface area contributed by atoms with Gasteiger partial charge in [0.05, 0.1) is 5.52 Å². The molecule has 6 heteroatoms. The Balaban J connectivity index is 1.63. The fourth-order valence-electron chi connectivity index (χ4n) is 2.69. The molecule has 0 saturated heterocycles. The van der Waals surface area contributed by atoms with Crippen LogP contribution in [0.2, 0.25) is 5.02 Å². The number of nitrogens with one attached hydrogen (secondary N) is 1. The minimum absolute atomic E-state index is 0.214. The Hall–Kier alpha value is -2.63. The maximum atomic E-state index is 12.6. The lowest BCUT2D eigenvalue weighted by atomic mass is 10.1. The molecule has 0 aliphatic rings. The van der Waals surface area contributed by atoms with Gasteiger partial charge in [-0.3, -0.25) is 4.79 Å². The van der Waals surface area contributed by atoms with Crippen LogP contribution in [-0.2, 0) is 6.54 Å². The SMILES string of the molecule is O=C(NCc1cccc(Cl)c1)c1cc(-c2cccs2)c2cccn2n1. The van der Waals surface area contributed by atoms with E-state index in [0.717, 1.165) is 21.5 Å². The molecule has 1 aromatic carbocycles. The normalized spacial score (nSPS) is 10.9. The van der Waals surface area contributed by atoms with Gasteiger partial charge in [-0.05, 0) is 47.3 Å². The molecule has 1 N–H and O–H groups in total. The Morgan fingerprint density at radius 1 is 1.16 bits per heavy atom. The fraction of sp³-hybridized carbons (Fsp3) is 0.0526. The van der Waals surface area contributed by atoms with Crippen molar-refractivity contribution in [3.05, 3.63) is 82.5 Å². The quantitative estimate of drug-likeness (QED) is 0.570. The lowest BCUT2D eigenvalue weighted by molar-refractivity contribution is 0.0944. The monoisotopic (exact) mass is 367 g/mol. The van der Waals surface area contributed by atoms with Crippen molar-refractivity contribution in [1.82, 2.24) is 14.9 Å². The maximum Gasteiger partial charge on any atom is 0.272 e. The molecule has 3 heterocycles. The highest BCUT2D eigenvalue weighted by atomic mass is 35.5. The smallest absolute Gasteiger partial charge is 0.272 e. The summed E-state index contributed by atoms with van der Waals surface area (Å²) >= 11 is 7.62. The average Bonchev–Trinajstić information content (AvgIpc) is 3.30. The highest BCUT2D eigenvalue weighted by Crippen LogP contribution is 2.29. The molecule has 4 aromatic rings. The van der Waals surface area contributed by atoms with Crippen molar-refractivity contribution < 1.29 is 4.79 Å². The average molecular weight is 368 g/mol. The number of hydrogen-bond donors (Lipinski definition) is 1. The first kappa shape index (κ1) is 15.9. The molecule has 3 aromatic heterocycles. The van der Waals surface area contributed by atoms with Crippen molar-refractivity contribution in [2.45, 2.75) is 6.54 Å². The summed E-state index contributed by atoms with van der Waals surface area (Å²) < 4.78 is 1.74. The molecule has 124 valence electrons. The van der Waals surface area contributed by atoms with Gasteiger partial charge < -0.3 is 5.32 Å². The molecule has 0 fully saturated rings. The summed E-state index contributed by atoms with van der Waals surface area (Å²) in [5.41, 5.74) is 3.31. The first-order valence-corrected chi connectivity index (χ1v) is 9.01. The second kappa shape index (κ2) is 6.70. The molecule has 0 bridgehead atoms. The van der Waals surface area contributed by atoms with E-state index in [-0.39, 0.29) is 5.91 Å². The summed E-state index contributed by atoms with van der Waals surface area (Å²) in [7, 11) is 0. The molecule has 0 unspecified atom stereocenters. The van der Waals surface area contributed by atoms with E-state index in [1.807, 2.05) is 66.2 Å². The van der Waals surface area contributed by atoms with E-state index < -0.39 is 0 Å². The summed E-state index contributed by atoms with van der Waals surface area (Å²) in [6.45, 7) is 0.402. The van der Waals surface area contributed by atoms with Crippen LogP contribution in [-0.4, -0.2) is 15.5 Å². The first-order valence-electron chi connectivity index (χ1n) is 7.75. The number of amides is 1. The van der Waals surface area contributed by atoms with Gasteiger partial charge in [-0.15, -0.1) is 11.3 Å². The summed E-state index contributed by atoms with van der Waals surface area (Å²) in [6, 6.07) is 17.2. The largest absolute Gasteiger partial charge is 0.347 e. The molecule has 1 amide bonds. The predicted octanol–water partition coefficient (Wildman–Crippen LogP) is 4.65. The van der Waals surface area contributed by atoms with Gasteiger partial charge in [0.2, 0.25) is 0 Å². The zero-order valence-corrected chi connectivity index (χ0v) is 14.7. The number of fused-ring (bicyclic) bond motifs is 1. The van der Waals surface area contributed by atoms with E-state index in [9.17, 15) is 4.79 Å². The summed E-state index contributed by atoms with van der Waals surface area (Å²) in [4.78, 5) is 13.7. The number of hydrogen-bond acceptors (Lipinski definition) is 3. The number of nitrogens with zero attached hydrogens (tertiary/aromatic N) is 2. The molecule has 0 spiro atoms. The van der Waals surface area contributed by atoms with E-state index in [1.54, 1.807) is 15.9 Å². The first-order chi connectivity index (χ1) is 12.2. The van der Waals surface area contributed by atoms with Crippen LogP contribution in [0.1, 0.15) is 16.1 Å². The molecule has 4 rings (SSSR count). The fourth-order valence-corrected chi connectivity index (χ4v) is 3.65. The number of halogens is 1. The molecular formula is C19H14ClN3OS. The van der Waals surface area contributed by atoms with E-state index in [2.05, 4.69) is 10.4 Å². The van der Waals surface area contributed by atoms with Gasteiger partial charge in [0, 0.05) is 28.2 Å². The number of aromatic nitrogens is 2. The van der Waals surface area contributed by atoms with Gasteiger partial charge in [-0.2, -0.15) is 5.10 Å². The van der Waals surface area contributed by atoms with Crippen molar-refractivity contribution in [2.75, 3.05) is 0 Å². The highest BCUT2D eigenvalue weighted by molar-refractivity contribution is 7.13. The molecule has 0 aliphatic heterocycles. The standard InChI is InChI=1S/C19H14ClN3OS/c20-14-5-1-4-13(10-14)12-21-19(24)16-11-15(18-7-3-9-25-18)17-6-2-8-23(17)22-16/h1-11H,12H2,(H,21,24). The van der Waals surface area contributed by atoms with Crippen molar-refractivity contribution >= 4 is 34.4 Å². The number of carbonyl (C=O) groups excluding carboxylic acids is 1. The number of thiophene rings is 1. The van der Waals surface area contributed by atoms with Crippen molar-refractivity contribution in [3.8, 4) is 10.4 Å². The summed E-state index contributed by atoms with van der Waals surface area (Å²) in [5.74, 6) is -0.214. The van der Waals surface area contributed by atoms with Crippen LogP contribution >= 0.6 is 22.9 Å². The van der Waals surface area contributed by atoms with Crippen molar-refractivity contribution in [3.63, 3.8) is 0 Å². The van der Waals surface area contributed by atoms with Gasteiger partial charge in [0.15, 0.2) is 0 Å². The van der Waals surface area contributed by atoms with Gasteiger partial charge in [-0.1, -0.05) is 29.8 Å². The number of carbonyl (C=O) groups is 1. The number of rotatable bonds is 4. The third-order valence-corrected chi connectivity index (χ3v) is 5.00. The lowest BCUT2D eigenvalue weighted by Gasteiger charge is -2.08. The van der Waals surface area contributed by atoms with Crippen LogP contribution in [0, 0.1) is 0 Å². The third-order valence-electron chi connectivity index (χ3n) is 3.86. The van der Waals surface area contributed by atoms with Crippen LogP contribution in [0.5, 0.6) is 0 Å². The van der Waals surface area contributed by atoms with Gasteiger partial charge in [-0.25, -0.2) is 4.52 Å². The van der Waals surface area contributed by atoms with Crippen molar-refractivity contribution in [2.24, 2.45) is 0 Å². The highest BCUT2D eigenvalue weighted by Gasteiger charge is 2.14. The molecule has 0 atom stereocenters. The zero-order chi connectivity index (χ0) is 17.2. The second-order valence-corrected chi connectivity index (χ2v) is 6.96. The Bertz CT molecular complexity index is 1040. The van der Waals surface area contributed by atoms with E-state index >= 15 is 0 Å². The molecule has 4 nitrogen and oxygen atoms in total. The molecular weight excluding hydrogens is 354 g/mol. The molecule has 0 radical (unpaired) electrons. The van der Waals surface area contributed by atoms with Crippen LogP contribution in [0.4, 0.5) is 0 Å². The second-order valence-electron chi connectivity index (χ2n) is 5.57. The molecule has 0 saturated carbocycles. The van der Waals surface area contributed by atoms with Crippen LogP contribution in [0.15, 0.2) is 66.2 Å². The Labute approximate surface area is 153 Å². The Morgan fingerprint density at radius 3 is 2.88 bits per heavy atom. The van der Waals surface area contributed by atoms with Gasteiger partial charge >= 0.3 is 0 Å². The predicted molar refractivity (Wildman–Crippen MR) is 101 cm³/mol. The van der Waals surface area contributed by atoms with Crippen LogP contribution in [0.25, 0.3) is 16.0 Å². The molecule has 25 heavy (non-hydrogen) atoms. The lowest BCUT2D eigenvalue weighted by Crippen LogP contribution is -2.24. The summed E-state index contributed by atoms with van der Waals surface area (Å²) in [5, 5.41) is 9.99. The van der Waals surface area contributed by atoms with Crippen LogP contribution in [0.3, 0.4) is 0 Å². The minimum Gasteiger partial charge on any atom is -0.347 e. The zero-order valence-electron chi connectivity index (χ0n) is 13.1. The minimum atomic E-state index is -0.214. The van der Waals surface area contributed by atoms with Gasteiger partial charge in [0.25, 0.3) is 5.91 Å².